The first-order chi connectivity index (χ1) is 13.7. The van der Waals surface area contributed by atoms with E-state index in [-0.39, 0.29) is 11.9 Å². The van der Waals surface area contributed by atoms with Gasteiger partial charge in [0.2, 0.25) is 16.7 Å². The molecule has 4 aromatic rings. The van der Waals surface area contributed by atoms with E-state index in [2.05, 4.69) is 39.1 Å². The summed E-state index contributed by atoms with van der Waals surface area (Å²) in [5.41, 5.74) is 1.16. The summed E-state index contributed by atoms with van der Waals surface area (Å²) < 4.78 is 6.90. The minimum absolute atomic E-state index is 0.0181. The van der Waals surface area contributed by atoms with Crippen molar-refractivity contribution >= 4 is 16.3 Å². The first-order valence-electron chi connectivity index (χ1n) is 9.30. The molecule has 8 heteroatoms. The molecule has 4 heterocycles. The van der Waals surface area contributed by atoms with E-state index in [1.807, 2.05) is 24.3 Å². The molecule has 7 nitrogen and oxygen atoms in total. The molecule has 1 N–H and O–H groups in total. The number of nitrogens with zero attached hydrogens (tertiary/aromatic N) is 5. The molecule has 1 aromatic carbocycles. The second kappa shape index (κ2) is 7.05. The summed E-state index contributed by atoms with van der Waals surface area (Å²) in [7, 11) is 2.14. The number of hydrogen-bond donors (Lipinski definition) is 1. The van der Waals surface area contributed by atoms with Gasteiger partial charge >= 0.3 is 0 Å². The van der Waals surface area contributed by atoms with Crippen LogP contribution in [-0.4, -0.2) is 62.7 Å². The van der Waals surface area contributed by atoms with Crippen LogP contribution in [-0.2, 0) is 0 Å². The molecule has 0 saturated carbocycles. The molecule has 0 radical (unpaired) electrons. The van der Waals surface area contributed by atoms with E-state index < -0.39 is 0 Å². The number of thiazole rings is 1. The third-order valence-corrected chi connectivity index (χ3v) is 6.28. The highest BCUT2D eigenvalue weighted by Gasteiger charge is 2.31. The number of furan rings is 1. The third-order valence-electron chi connectivity index (χ3n) is 5.21. The molecule has 0 spiro atoms. The van der Waals surface area contributed by atoms with E-state index in [9.17, 15) is 5.11 Å². The van der Waals surface area contributed by atoms with Crippen LogP contribution in [0, 0.1) is 0 Å². The van der Waals surface area contributed by atoms with Crippen LogP contribution in [0.15, 0.2) is 53.1 Å². The molecule has 1 aliphatic heterocycles. The van der Waals surface area contributed by atoms with E-state index in [1.165, 1.54) is 15.9 Å². The Hall–Kier alpha value is -2.68. The van der Waals surface area contributed by atoms with Crippen LogP contribution < -0.4 is 0 Å². The molecule has 1 atom stereocenters. The van der Waals surface area contributed by atoms with E-state index in [4.69, 9.17) is 4.42 Å². The fourth-order valence-electron chi connectivity index (χ4n) is 3.68. The third kappa shape index (κ3) is 2.99. The van der Waals surface area contributed by atoms with Gasteiger partial charge in [0.05, 0.1) is 17.2 Å². The van der Waals surface area contributed by atoms with Gasteiger partial charge in [0, 0.05) is 26.2 Å². The zero-order chi connectivity index (χ0) is 19.1. The normalized spacial score (nSPS) is 17.3. The van der Waals surface area contributed by atoms with Crippen LogP contribution >= 0.6 is 11.3 Å². The fraction of sp³-hybridized carbons (Fsp3) is 0.300. The molecule has 28 heavy (non-hydrogen) atoms. The van der Waals surface area contributed by atoms with Crippen molar-refractivity contribution in [1.82, 2.24) is 24.4 Å². The zero-order valence-electron chi connectivity index (χ0n) is 15.5. The number of benzene rings is 1. The minimum atomic E-state index is -0.0181. The molecule has 0 amide bonds. The highest BCUT2D eigenvalue weighted by Crippen LogP contribution is 2.40. The van der Waals surface area contributed by atoms with Crippen LogP contribution in [0.25, 0.3) is 16.5 Å². The molecular formula is C20H21N5O2S. The van der Waals surface area contributed by atoms with Crippen molar-refractivity contribution in [3.05, 3.63) is 59.2 Å². The summed E-state index contributed by atoms with van der Waals surface area (Å²) in [6.45, 7) is 3.91. The Labute approximate surface area is 166 Å². The van der Waals surface area contributed by atoms with Crippen molar-refractivity contribution in [2.24, 2.45) is 0 Å². The number of fused-ring (bicyclic) bond motifs is 1. The molecule has 0 aliphatic carbocycles. The van der Waals surface area contributed by atoms with Crippen molar-refractivity contribution in [1.29, 1.82) is 0 Å². The second-order valence-electron chi connectivity index (χ2n) is 7.05. The van der Waals surface area contributed by atoms with Gasteiger partial charge in [-0.1, -0.05) is 41.7 Å². The van der Waals surface area contributed by atoms with Crippen LogP contribution in [0.1, 0.15) is 16.5 Å². The molecule has 0 bridgehead atoms. The lowest BCUT2D eigenvalue weighted by molar-refractivity contribution is 0.127. The summed E-state index contributed by atoms with van der Waals surface area (Å²) in [6, 6.07) is 13.9. The predicted octanol–water partition coefficient (Wildman–Crippen LogP) is 3.09. The van der Waals surface area contributed by atoms with E-state index in [0.29, 0.717) is 16.5 Å². The molecule has 1 saturated heterocycles. The lowest BCUT2D eigenvalue weighted by atomic mass is 10.0. The summed E-state index contributed by atoms with van der Waals surface area (Å²) in [6.07, 6.45) is 1.59. The number of piperazine rings is 1. The molecule has 1 fully saturated rings. The molecule has 3 aromatic heterocycles. The number of likely N-dealkylation sites (N-methyl/N-ethyl adjacent to an activating group) is 1. The average Bonchev–Trinajstić information content (AvgIpc) is 3.43. The number of hydrogen-bond acceptors (Lipinski definition) is 7. The lowest BCUT2D eigenvalue weighted by Gasteiger charge is -2.37. The maximum Gasteiger partial charge on any atom is 0.230 e. The van der Waals surface area contributed by atoms with Gasteiger partial charge in [0.1, 0.15) is 0 Å². The largest absolute Gasteiger partial charge is 0.492 e. The smallest absolute Gasteiger partial charge is 0.230 e. The first kappa shape index (κ1) is 17.4. The first-order valence-corrected chi connectivity index (χ1v) is 10.1. The SMILES string of the molecule is CN1CCN([C@H](c2ccccc2)c2sc3nc(-c4ccco4)nn3c2O)CC1. The van der Waals surface area contributed by atoms with Crippen molar-refractivity contribution in [3.8, 4) is 17.5 Å². The Balaban J connectivity index is 1.57. The molecule has 0 unspecified atom stereocenters. The highest BCUT2D eigenvalue weighted by atomic mass is 32.1. The van der Waals surface area contributed by atoms with Crippen molar-refractivity contribution in [2.75, 3.05) is 33.2 Å². The summed E-state index contributed by atoms with van der Waals surface area (Å²) in [5, 5.41) is 15.5. The van der Waals surface area contributed by atoms with Gasteiger partial charge in [0.25, 0.3) is 0 Å². The van der Waals surface area contributed by atoms with Gasteiger partial charge < -0.3 is 14.4 Å². The summed E-state index contributed by atoms with van der Waals surface area (Å²) >= 11 is 1.48. The fourth-order valence-corrected chi connectivity index (χ4v) is 4.80. The van der Waals surface area contributed by atoms with Crippen LogP contribution in [0.5, 0.6) is 5.88 Å². The molecular weight excluding hydrogens is 374 g/mol. The number of rotatable bonds is 4. The average molecular weight is 395 g/mol. The maximum atomic E-state index is 11.0. The molecule has 5 rings (SSSR count). The van der Waals surface area contributed by atoms with Crippen molar-refractivity contribution in [3.63, 3.8) is 0 Å². The van der Waals surface area contributed by atoms with E-state index in [1.54, 1.807) is 12.3 Å². The number of aromatic hydroxyl groups is 1. The Morgan fingerprint density at radius 2 is 1.86 bits per heavy atom. The summed E-state index contributed by atoms with van der Waals surface area (Å²) in [5.74, 6) is 1.22. The topological polar surface area (TPSA) is 70.0 Å². The van der Waals surface area contributed by atoms with Crippen LogP contribution in [0.3, 0.4) is 0 Å². The van der Waals surface area contributed by atoms with Gasteiger partial charge in [-0.05, 0) is 24.7 Å². The summed E-state index contributed by atoms with van der Waals surface area (Å²) in [4.78, 5) is 10.8. The zero-order valence-corrected chi connectivity index (χ0v) is 16.3. The Morgan fingerprint density at radius 1 is 1.07 bits per heavy atom. The second-order valence-corrected chi connectivity index (χ2v) is 8.06. The predicted molar refractivity (Wildman–Crippen MR) is 108 cm³/mol. The maximum absolute atomic E-state index is 11.0. The van der Waals surface area contributed by atoms with Crippen LogP contribution in [0.4, 0.5) is 0 Å². The van der Waals surface area contributed by atoms with E-state index in [0.717, 1.165) is 36.6 Å². The van der Waals surface area contributed by atoms with Gasteiger partial charge in [-0.3, -0.25) is 4.90 Å². The van der Waals surface area contributed by atoms with Gasteiger partial charge in [0.15, 0.2) is 5.76 Å². The molecule has 144 valence electrons. The standard InChI is InChI=1S/C20H21N5O2S/c1-23-9-11-24(12-10-23)16(14-6-3-2-4-7-14)17-19(26)25-20(28-17)21-18(22-25)15-8-5-13-27-15/h2-8,13,16,26H,9-12H2,1H3/t16-/m1/s1. The van der Waals surface area contributed by atoms with Crippen LogP contribution in [0.2, 0.25) is 0 Å². The Morgan fingerprint density at radius 3 is 2.54 bits per heavy atom. The Kier molecular flexibility index (Phi) is 4.38. The minimum Gasteiger partial charge on any atom is -0.492 e. The molecule has 1 aliphatic rings. The number of aromatic nitrogens is 3. The van der Waals surface area contributed by atoms with Crippen molar-refractivity contribution in [2.45, 2.75) is 6.04 Å². The Bertz CT molecular complexity index is 1070. The van der Waals surface area contributed by atoms with E-state index >= 15 is 0 Å². The van der Waals surface area contributed by atoms with Gasteiger partial charge in [-0.2, -0.15) is 9.50 Å². The van der Waals surface area contributed by atoms with Gasteiger partial charge in [-0.25, -0.2) is 0 Å². The quantitative estimate of drug-likeness (QED) is 0.573. The highest BCUT2D eigenvalue weighted by molar-refractivity contribution is 7.17. The van der Waals surface area contributed by atoms with Crippen molar-refractivity contribution < 1.29 is 9.52 Å². The van der Waals surface area contributed by atoms with Gasteiger partial charge in [-0.15, -0.1) is 5.10 Å². The lowest BCUT2D eigenvalue weighted by Crippen LogP contribution is -2.46. The monoisotopic (exact) mass is 395 g/mol.